The number of nitrogens with one attached hydrogen (secondary N) is 1. The predicted molar refractivity (Wildman–Crippen MR) is 137 cm³/mol. The molecule has 2 aromatic heterocycles. The van der Waals surface area contributed by atoms with E-state index in [-0.39, 0.29) is 17.2 Å². The predicted octanol–water partition coefficient (Wildman–Crippen LogP) is 4.49. The van der Waals surface area contributed by atoms with Gasteiger partial charge in [0.05, 0.1) is 31.2 Å². The smallest absolute Gasteiger partial charge is 0.276 e. The number of nitrogens with zero attached hydrogens (tertiary/aromatic N) is 2. The fourth-order valence-corrected chi connectivity index (χ4v) is 5.22. The Morgan fingerprint density at radius 2 is 1.97 bits per heavy atom. The number of ether oxygens (including phenoxy) is 2. The standard InChI is InChI=1S/C25H25N3O4S2/c1-15-8-9-16(2)19(12-15)28-24(30)23-18(10-11-33-23)27-25(28)34-14-21(29)26-13-17-6-5-7-20(31-3)22(17)32-4/h5-12H,13-14H2,1-4H3,(H,26,29). The van der Waals surface area contributed by atoms with E-state index >= 15 is 0 Å². The van der Waals surface area contributed by atoms with Crippen molar-refractivity contribution in [1.29, 1.82) is 0 Å². The fourth-order valence-electron chi connectivity index (χ4n) is 3.63. The second-order valence-electron chi connectivity index (χ2n) is 7.68. The van der Waals surface area contributed by atoms with Gasteiger partial charge in [-0.1, -0.05) is 36.0 Å². The molecule has 4 aromatic rings. The molecule has 0 aliphatic heterocycles. The van der Waals surface area contributed by atoms with E-state index in [9.17, 15) is 9.59 Å². The number of methoxy groups -OCH3 is 2. The highest BCUT2D eigenvalue weighted by atomic mass is 32.2. The lowest BCUT2D eigenvalue weighted by atomic mass is 10.1. The molecular weight excluding hydrogens is 470 g/mol. The Morgan fingerprint density at radius 3 is 2.74 bits per heavy atom. The van der Waals surface area contributed by atoms with Crippen molar-refractivity contribution in [1.82, 2.24) is 14.9 Å². The lowest BCUT2D eigenvalue weighted by Crippen LogP contribution is -2.26. The van der Waals surface area contributed by atoms with Crippen molar-refractivity contribution in [3.05, 3.63) is 74.9 Å². The van der Waals surface area contributed by atoms with Crippen LogP contribution in [0.5, 0.6) is 11.5 Å². The van der Waals surface area contributed by atoms with Gasteiger partial charge < -0.3 is 14.8 Å². The number of aryl methyl sites for hydroxylation is 2. The molecule has 1 amide bonds. The lowest BCUT2D eigenvalue weighted by Gasteiger charge is -2.15. The number of benzene rings is 2. The van der Waals surface area contributed by atoms with Gasteiger partial charge in [-0.3, -0.25) is 14.2 Å². The van der Waals surface area contributed by atoms with Gasteiger partial charge in [0.2, 0.25) is 5.91 Å². The third-order valence-corrected chi connectivity index (χ3v) is 7.18. The number of aromatic nitrogens is 2. The van der Waals surface area contributed by atoms with Crippen LogP contribution in [0.25, 0.3) is 15.9 Å². The van der Waals surface area contributed by atoms with E-state index < -0.39 is 0 Å². The van der Waals surface area contributed by atoms with Crippen molar-refractivity contribution in [2.75, 3.05) is 20.0 Å². The molecule has 0 bridgehead atoms. The lowest BCUT2D eigenvalue weighted by molar-refractivity contribution is -0.118. The summed E-state index contributed by atoms with van der Waals surface area (Å²) in [4.78, 5) is 30.8. The monoisotopic (exact) mass is 495 g/mol. The molecule has 0 saturated heterocycles. The zero-order chi connectivity index (χ0) is 24.2. The van der Waals surface area contributed by atoms with E-state index in [1.807, 2.05) is 55.6 Å². The fraction of sp³-hybridized carbons (Fsp3) is 0.240. The molecule has 0 unspecified atom stereocenters. The molecule has 0 fully saturated rings. The topological polar surface area (TPSA) is 82.5 Å². The maximum Gasteiger partial charge on any atom is 0.276 e. The SMILES string of the molecule is COc1cccc(CNC(=O)CSc2nc3ccsc3c(=O)n2-c2cc(C)ccc2C)c1OC. The van der Waals surface area contributed by atoms with Crippen LogP contribution in [-0.4, -0.2) is 35.4 Å². The van der Waals surface area contributed by atoms with Crippen LogP contribution in [0.15, 0.2) is 57.8 Å². The number of fused-ring (bicyclic) bond motifs is 1. The van der Waals surface area contributed by atoms with Crippen molar-refractivity contribution in [3.8, 4) is 17.2 Å². The number of hydrogen-bond acceptors (Lipinski definition) is 7. The van der Waals surface area contributed by atoms with Crippen molar-refractivity contribution in [2.24, 2.45) is 0 Å². The molecule has 2 heterocycles. The third kappa shape index (κ3) is 4.80. The van der Waals surface area contributed by atoms with E-state index in [2.05, 4.69) is 5.32 Å². The van der Waals surface area contributed by atoms with Crippen LogP contribution in [0, 0.1) is 13.8 Å². The Balaban J connectivity index is 1.58. The Morgan fingerprint density at radius 1 is 1.15 bits per heavy atom. The molecule has 0 aliphatic carbocycles. The minimum absolute atomic E-state index is 0.110. The van der Waals surface area contributed by atoms with Crippen LogP contribution in [0.3, 0.4) is 0 Å². The number of amides is 1. The van der Waals surface area contributed by atoms with Gasteiger partial charge in [0.15, 0.2) is 16.7 Å². The molecule has 176 valence electrons. The highest BCUT2D eigenvalue weighted by Gasteiger charge is 2.17. The van der Waals surface area contributed by atoms with E-state index in [0.29, 0.717) is 33.4 Å². The summed E-state index contributed by atoms with van der Waals surface area (Å²) >= 11 is 2.61. The number of hydrogen-bond donors (Lipinski definition) is 1. The van der Waals surface area contributed by atoms with Gasteiger partial charge in [-0.15, -0.1) is 11.3 Å². The van der Waals surface area contributed by atoms with Crippen molar-refractivity contribution >= 4 is 39.2 Å². The molecule has 4 rings (SSSR count). The number of thiophene rings is 1. The number of carbonyl (C=O) groups is 1. The summed E-state index contributed by atoms with van der Waals surface area (Å²) in [6, 6.07) is 13.3. The van der Waals surface area contributed by atoms with Gasteiger partial charge >= 0.3 is 0 Å². The van der Waals surface area contributed by atoms with Gasteiger partial charge in [-0.2, -0.15) is 0 Å². The molecule has 2 aromatic carbocycles. The van der Waals surface area contributed by atoms with Crippen molar-refractivity contribution in [2.45, 2.75) is 25.5 Å². The van der Waals surface area contributed by atoms with Gasteiger partial charge in [0.1, 0.15) is 4.70 Å². The summed E-state index contributed by atoms with van der Waals surface area (Å²) in [5.41, 5.74) is 4.10. The molecule has 0 radical (unpaired) electrons. The van der Waals surface area contributed by atoms with Crippen molar-refractivity contribution in [3.63, 3.8) is 0 Å². The van der Waals surface area contributed by atoms with Gasteiger partial charge in [0, 0.05) is 12.1 Å². The highest BCUT2D eigenvalue weighted by Crippen LogP contribution is 2.30. The first-order chi connectivity index (χ1) is 16.4. The number of thioether (sulfide) groups is 1. The minimum Gasteiger partial charge on any atom is -0.493 e. The summed E-state index contributed by atoms with van der Waals surface area (Å²) in [5, 5.41) is 5.25. The first kappa shape index (κ1) is 23.8. The molecule has 0 spiro atoms. The van der Waals surface area contributed by atoms with Crippen LogP contribution in [0.2, 0.25) is 0 Å². The van der Waals surface area contributed by atoms with Crippen LogP contribution in [-0.2, 0) is 11.3 Å². The number of para-hydroxylation sites is 1. The van der Waals surface area contributed by atoms with Crippen LogP contribution < -0.4 is 20.3 Å². The Labute approximate surface area is 205 Å². The maximum absolute atomic E-state index is 13.4. The van der Waals surface area contributed by atoms with E-state index in [4.69, 9.17) is 14.5 Å². The minimum atomic E-state index is -0.179. The second kappa shape index (κ2) is 10.3. The van der Waals surface area contributed by atoms with Gasteiger partial charge in [-0.05, 0) is 48.6 Å². The summed E-state index contributed by atoms with van der Waals surface area (Å²) in [7, 11) is 3.14. The number of rotatable bonds is 8. The average molecular weight is 496 g/mol. The Hall–Kier alpha value is -3.30. The molecule has 0 atom stereocenters. The molecule has 0 aliphatic rings. The van der Waals surface area contributed by atoms with E-state index in [1.165, 1.54) is 23.1 Å². The first-order valence-electron chi connectivity index (χ1n) is 10.6. The molecule has 34 heavy (non-hydrogen) atoms. The third-order valence-electron chi connectivity index (χ3n) is 5.35. The van der Waals surface area contributed by atoms with Crippen LogP contribution >= 0.6 is 23.1 Å². The van der Waals surface area contributed by atoms with Crippen molar-refractivity contribution < 1.29 is 14.3 Å². The molecule has 9 heteroatoms. The second-order valence-corrected chi connectivity index (χ2v) is 9.54. The highest BCUT2D eigenvalue weighted by molar-refractivity contribution is 7.99. The van der Waals surface area contributed by atoms with Gasteiger partial charge in [-0.25, -0.2) is 4.98 Å². The summed E-state index contributed by atoms with van der Waals surface area (Å²) in [6.45, 7) is 4.24. The van der Waals surface area contributed by atoms with E-state index in [0.717, 1.165) is 22.4 Å². The molecule has 7 nitrogen and oxygen atoms in total. The Bertz CT molecular complexity index is 1410. The normalized spacial score (nSPS) is 10.9. The largest absolute Gasteiger partial charge is 0.493 e. The molecular formula is C25H25N3O4S2. The van der Waals surface area contributed by atoms with Crippen LogP contribution in [0.1, 0.15) is 16.7 Å². The number of carbonyl (C=O) groups excluding carboxylic acids is 1. The zero-order valence-corrected chi connectivity index (χ0v) is 21.0. The summed E-state index contributed by atoms with van der Waals surface area (Å²) in [6.07, 6.45) is 0. The summed E-state index contributed by atoms with van der Waals surface area (Å²) < 4.78 is 13.0. The van der Waals surface area contributed by atoms with Crippen LogP contribution in [0.4, 0.5) is 0 Å². The Kier molecular flexibility index (Phi) is 7.23. The van der Waals surface area contributed by atoms with Gasteiger partial charge in [0.25, 0.3) is 5.56 Å². The van der Waals surface area contributed by atoms with E-state index in [1.54, 1.807) is 24.9 Å². The maximum atomic E-state index is 13.4. The average Bonchev–Trinajstić information content (AvgIpc) is 3.32. The molecule has 1 N–H and O–H groups in total. The molecule has 0 saturated carbocycles. The first-order valence-corrected chi connectivity index (χ1v) is 12.5. The zero-order valence-electron chi connectivity index (χ0n) is 19.4. The summed E-state index contributed by atoms with van der Waals surface area (Å²) in [5.74, 6) is 1.13. The quantitative estimate of drug-likeness (QED) is 0.287.